The Hall–Kier alpha value is -3.32. The van der Waals surface area contributed by atoms with E-state index in [0.717, 1.165) is 31.6 Å². The van der Waals surface area contributed by atoms with E-state index in [1.54, 1.807) is 0 Å². The Morgan fingerprint density at radius 2 is 1.79 bits per heavy atom. The van der Waals surface area contributed by atoms with Crippen molar-refractivity contribution in [2.24, 2.45) is 0 Å². The van der Waals surface area contributed by atoms with Crippen molar-refractivity contribution in [2.45, 2.75) is 58.8 Å². The zero-order chi connectivity index (χ0) is 30.3. The van der Waals surface area contributed by atoms with Crippen molar-refractivity contribution < 1.29 is 27.1 Å². The normalized spacial score (nSPS) is 18.4. The summed E-state index contributed by atoms with van der Waals surface area (Å²) in [6.07, 6.45) is -5.92. The number of halogens is 5. The maximum Gasteiger partial charge on any atom is 0.417 e. The van der Waals surface area contributed by atoms with E-state index in [-0.39, 0.29) is 34.5 Å². The number of aromatic hydroxyl groups is 1. The monoisotopic (exact) mass is 593 g/mol. The van der Waals surface area contributed by atoms with Gasteiger partial charge in [0.25, 0.3) is 6.43 Å². The van der Waals surface area contributed by atoms with Gasteiger partial charge in [0.2, 0.25) is 5.95 Å². The highest BCUT2D eigenvalue weighted by molar-refractivity contribution is 5.95. The minimum atomic E-state index is -4.86. The molecule has 2 aliphatic heterocycles. The Morgan fingerprint density at radius 3 is 2.40 bits per heavy atom. The van der Waals surface area contributed by atoms with Crippen LogP contribution in [-0.2, 0) is 6.18 Å². The van der Waals surface area contributed by atoms with Crippen molar-refractivity contribution in [3.63, 3.8) is 0 Å². The number of aryl methyl sites for hydroxylation is 1. The number of nitrogens with zero attached hydrogens (tertiary/aromatic N) is 6. The average Bonchev–Trinajstić information content (AvgIpc) is 2.92. The second-order valence-electron chi connectivity index (χ2n) is 10.9. The number of hydrogen-bond acceptors (Lipinski definition) is 8. The zero-order valence-electron chi connectivity index (χ0n) is 24.1. The van der Waals surface area contributed by atoms with Crippen molar-refractivity contribution in [3.8, 4) is 17.0 Å². The van der Waals surface area contributed by atoms with Gasteiger partial charge < -0.3 is 20.2 Å². The Bertz CT molecular complexity index is 1440. The molecule has 2 N–H and O–H groups in total. The van der Waals surface area contributed by atoms with Crippen molar-refractivity contribution in [2.75, 3.05) is 55.6 Å². The van der Waals surface area contributed by atoms with Crippen LogP contribution >= 0.6 is 0 Å². The third-order valence-electron chi connectivity index (χ3n) is 8.35. The SMILES string of the molecule is CCC1CN(c2nc(N3CC(N(CC)CC)C3)nc3c(C(F)F)c(-c4cc(O)cc(C)c4C(F)(F)F)ncc23)CCN1. The molecule has 0 radical (unpaired) electrons. The highest BCUT2D eigenvalue weighted by atomic mass is 19.4. The minimum absolute atomic E-state index is 0.137. The summed E-state index contributed by atoms with van der Waals surface area (Å²) < 4.78 is 72.5. The molecule has 0 amide bonds. The third kappa shape index (κ3) is 5.56. The van der Waals surface area contributed by atoms with Crippen molar-refractivity contribution in [3.05, 3.63) is 35.0 Å². The molecule has 13 heteroatoms. The van der Waals surface area contributed by atoms with Gasteiger partial charge >= 0.3 is 6.18 Å². The van der Waals surface area contributed by atoms with Crippen LogP contribution in [0, 0.1) is 6.92 Å². The van der Waals surface area contributed by atoms with Gasteiger partial charge in [0, 0.05) is 56.6 Å². The molecule has 1 aromatic carbocycles. The molecule has 1 atom stereocenters. The summed E-state index contributed by atoms with van der Waals surface area (Å²) in [6.45, 7) is 12.2. The number of pyridine rings is 1. The fourth-order valence-electron chi connectivity index (χ4n) is 6.10. The maximum absolute atomic E-state index is 15.0. The molecular formula is C29H36F5N7O. The molecule has 5 rings (SSSR count). The van der Waals surface area contributed by atoms with Gasteiger partial charge in [-0.15, -0.1) is 0 Å². The van der Waals surface area contributed by atoms with Gasteiger partial charge in [-0.3, -0.25) is 9.88 Å². The molecule has 0 bridgehead atoms. The van der Waals surface area contributed by atoms with Crippen LogP contribution in [0.2, 0.25) is 0 Å². The van der Waals surface area contributed by atoms with E-state index in [0.29, 0.717) is 38.5 Å². The van der Waals surface area contributed by atoms with Crippen LogP contribution in [-0.4, -0.2) is 82.9 Å². The van der Waals surface area contributed by atoms with Crippen LogP contribution in [0.25, 0.3) is 22.2 Å². The lowest BCUT2D eigenvalue weighted by Gasteiger charge is -2.45. The summed E-state index contributed by atoms with van der Waals surface area (Å²) in [4.78, 5) is 19.8. The lowest BCUT2D eigenvalue weighted by atomic mass is 9.94. The van der Waals surface area contributed by atoms with E-state index in [1.807, 2.05) is 9.80 Å². The zero-order valence-corrected chi connectivity index (χ0v) is 24.1. The van der Waals surface area contributed by atoms with Crippen LogP contribution < -0.4 is 15.1 Å². The number of anilines is 2. The first-order valence-corrected chi connectivity index (χ1v) is 14.3. The Morgan fingerprint density at radius 1 is 1.07 bits per heavy atom. The second kappa shape index (κ2) is 11.8. The fourth-order valence-corrected chi connectivity index (χ4v) is 6.10. The van der Waals surface area contributed by atoms with Gasteiger partial charge in [-0.2, -0.15) is 18.2 Å². The van der Waals surface area contributed by atoms with Crippen LogP contribution in [0.3, 0.4) is 0 Å². The number of rotatable bonds is 8. The topological polar surface area (TPSA) is 80.7 Å². The second-order valence-corrected chi connectivity index (χ2v) is 10.9. The summed E-state index contributed by atoms with van der Waals surface area (Å²) in [5.41, 5.74) is -3.44. The highest BCUT2D eigenvalue weighted by Crippen LogP contribution is 2.45. The summed E-state index contributed by atoms with van der Waals surface area (Å²) in [6, 6.07) is 2.22. The van der Waals surface area contributed by atoms with Crippen LogP contribution in [0.4, 0.5) is 33.7 Å². The van der Waals surface area contributed by atoms with E-state index in [4.69, 9.17) is 4.98 Å². The number of hydrogen-bond donors (Lipinski definition) is 2. The average molecular weight is 594 g/mol. The first-order valence-electron chi connectivity index (χ1n) is 14.3. The van der Waals surface area contributed by atoms with E-state index < -0.39 is 40.7 Å². The summed E-state index contributed by atoms with van der Waals surface area (Å²) in [5.74, 6) is 0.219. The lowest BCUT2D eigenvalue weighted by Crippen LogP contribution is -2.60. The number of piperazine rings is 1. The van der Waals surface area contributed by atoms with Crippen molar-refractivity contribution in [1.82, 2.24) is 25.2 Å². The number of phenols is 1. The molecule has 1 unspecified atom stereocenters. The number of phenolic OH excluding ortho intramolecular Hbond substituents is 1. The van der Waals surface area contributed by atoms with Gasteiger partial charge in [0.05, 0.1) is 27.7 Å². The third-order valence-corrected chi connectivity index (χ3v) is 8.35. The molecule has 228 valence electrons. The summed E-state index contributed by atoms with van der Waals surface area (Å²) in [7, 11) is 0. The van der Waals surface area contributed by atoms with Crippen molar-refractivity contribution in [1.29, 1.82) is 0 Å². The maximum atomic E-state index is 15.0. The largest absolute Gasteiger partial charge is 0.508 e. The van der Waals surface area contributed by atoms with E-state index in [1.165, 1.54) is 13.1 Å². The van der Waals surface area contributed by atoms with Crippen molar-refractivity contribution >= 4 is 22.7 Å². The number of aromatic nitrogens is 3. The van der Waals surface area contributed by atoms with Gasteiger partial charge in [-0.05, 0) is 44.1 Å². The quantitative estimate of drug-likeness (QED) is 0.337. The molecular weight excluding hydrogens is 557 g/mol. The molecule has 3 aromatic rings. The minimum Gasteiger partial charge on any atom is -0.508 e. The summed E-state index contributed by atoms with van der Waals surface area (Å²) >= 11 is 0. The Kier molecular flexibility index (Phi) is 8.44. The van der Waals surface area contributed by atoms with Gasteiger partial charge in [-0.25, -0.2) is 13.8 Å². The molecule has 4 heterocycles. The molecule has 0 saturated carbocycles. The van der Waals surface area contributed by atoms with Gasteiger partial charge in [-0.1, -0.05) is 20.8 Å². The van der Waals surface area contributed by atoms with Gasteiger partial charge in [0.15, 0.2) is 0 Å². The molecule has 0 aliphatic carbocycles. The van der Waals surface area contributed by atoms with Gasteiger partial charge in [0.1, 0.15) is 11.6 Å². The smallest absolute Gasteiger partial charge is 0.417 e. The number of fused-ring (bicyclic) bond motifs is 1. The lowest BCUT2D eigenvalue weighted by molar-refractivity contribution is -0.137. The number of nitrogens with one attached hydrogen (secondary N) is 1. The molecule has 0 spiro atoms. The first-order chi connectivity index (χ1) is 20.0. The number of alkyl halides is 5. The Balaban J connectivity index is 1.73. The highest BCUT2D eigenvalue weighted by Gasteiger charge is 2.39. The van der Waals surface area contributed by atoms with E-state index >= 15 is 0 Å². The Labute approximate surface area is 241 Å². The molecule has 8 nitrogen and oxygen atoms in total. The molecule has 2 saturated heterocycles. The van der Waals surface area contributed by atoms with Crippen LogP contribution in [0.15, 0.2) is 18.3 Å². The standard InChI is InChI=1S/C29H36F5N7O/c1-5-17-13-40(9-8-35-17)27-21-12-36-24(20-11-19(42)10-16(4)23(20)29(32,33)34)22(26(30)31)25(21)37-28(38-27)41-14-18(15-41)39(6-2)7-3/h10-12,17-18,26,35,42H,5-9,13-15H2,1-4H3. The molecule has 2 aliphatic rings. The summed E-state index contributed by atoms with van der Waals surface area (Å²) in [5, 5.41) is 13.9. The predicted molar refractivity (Wildman–Crippen MR) is 152 cm³/mol. The van der Waals surface area contributed by atoms with Crippen LogP contribution in [0.1, 0.15) is 50.3 Å². The van der Waals surface area contributed by atoms with E-state index in [9.17, 15) is 27.1 Å². The molecule has 2 aromatic heterocycles. The van der Waals surface area contributed by atoms with Crippen LogP contribution in [0.5, 0.6) is 5.75 Å². The first kappa shape index (κ1) is 30.1. The fraction of sp³-hybridized carbons (Fsp3) is 0.552. The predicted octanol–water partition coefficient (Wildman–Crippen LogP) is 5.38. The van der Waals surface area contributed by atoms with E-state index in [2.05, 4.69) is 41.0 Å². The number of likely N-dealkylation sites (N-methyl/N-ethyl adjacent to an activating group) is 1. The molecule has 2 fully saturated rings. The number of benzene rings is 1. The molecule has 42 heavy (non-hydrogen) atoms.